The Kier molecular flexibility index (Phi) is 5.08. The molecule has 0 saturated heterocycles. The third-order valence-electron chi connectivity index (χ3n) is 3.83. The van der Waals surface area contributed by atoms with E-state index in [1.807, 2.05) is 6.07 Å². The zero-order chi connectivity index (χ0) is 14.7. The van der Waals surface area contributed by atoms with Gasteiger partial charge in [0.2, 0.25) is 0 Å². The SMILES string of the molecule is CC(C)CN(c1cc(Br)ccc1C(=O)O)C1CCCC1. The van der Waals surface area contributed by atoms with E-state index in [4.69, 9.17) is 0 Å². The van der Waals surface area contributed by atoms with Crippen LogP contribution in [0, 0.1) is 5.92 Å². The summed E-state index contributed by atoms with van der Waals surface area (Å²) < 4.78 is 0.934. The molecule has 0 atom stereocenters. The van der Waals surface area contributed by atoms with Crippen LogP contribution in [0.25, 0.3) is 0 Å². The molecule has 0 amide bonds. The van der Waals surface area contributed by atoms with Gasteiger partial charge in [-0.25, -0.2) is 4.79 Å². The van der Waals surface area contributed by atoms with Crippen molar-refractivity contribution >= 4 is 27.6 Å². The molecule has 0 unspecified atom stereocenters. The molecule has 110 valence electrons. The van der Waals surface area contributed by atoms with Crippen molar-refractivity contribution in [2.24, 2.45) is 5.92 Å². The molecule has 1 N–H and O–H groups in total. The molecule has 1 aliphatic rings. The first-order valence-corrected chi connectivity index (χ1v) is 8.08. The molecule has 4 heteroatoms. The highest BCUT2D eigenvalue weighted by molar-refractivity contribution is 9.10. The standard InChI is InChI=1S/C16H22BrNO2/c1-11(2)10-18(13-5-3-4-6-13)15-9-12(17)7-8-14(15)16(19)20/h7-9,11,13H,3-6,10H2,1-2H3,(H,19,20). The van der Waals surface area contributed by atoms with Gasteiger partial charge in [0.05, 0.1) is 11.3 Å². The first-order chi connectivity index (χ1) is 9.49. The van der Waals surface area contributed by atoms with E-state index in [1.165, 1.54) is 12.8 Å². The van der Waals surface area contributed by atoms with Crippen LogP contribution < -0.4 is 4.90 Å². The van der Waals surface area contributed by atoms with Crippen molar-refractivity contribution in [1.29, 1.82) is 0 Å². The lowest BCUT2D eigenvalue weighted by Crippen LogP contribution is -2.37. The number of aromatic carboxylic acids is 1. The van der Waals surface area contributed by atoms with Crippen LogP contribution >= 0.6 is 15.9 Å². The quantitative estimate of drug-likeness (QED) is 0.855. The minimum Gasteiger partial charge on any atom is -0.478 e. The summed E-state index contributed by atoms with van der Waals surface area (Å²) in [5, 5.41) is 9.44. The normalized spacial score (nSPS) is 15.8. The Balaban J connectivity index is 2.40. The van der Waals surface area contributed by atoms with Gasteiger partial charge in [-0.05, 0) is 37.0 Å². The van der Waals surface area contributed by atoms with Gasteiger partial charge in [0, 0.05) is 17.1 Å². The van der Waals surface area contributed by atoms with Gasteiger partial charge < -0.3 is 10.0 Å². The molecule has 1 aromatic carbocycles. The van der Waals surface area contributed by atoms with Crippen LogP contribution in [0.1, 0.15) is 49.9 Å². The molecule has 0 aromatic heterocycles. The van der Waals surface area contributed by atoms with E-state index < -0.39 is 5.97 Å². The molecule has 3 nitrogen and oxygen atoms in total. The third kappa shape index (κ3) is 3.54. The third-order valence-corrected chi connectivity index (χ3v) is 4.32. The summed E-state index contributed by atoms with van der Waals surface area (Å²) in [5.41, 5.74) is 1.26. The van der Waals surface area contributed by atoms with Gasteiger partial charge in [-0.1, -0.05) is 42.6 Å². The zero-order valence-corrected chi connectivity index (χ0v) is 13.7. The van der Waals surface area contributed by atoms with Crippen LogP contribution in [-0.2, 0) is 0 Å². The molecule has 1 fully saturated rings. The maximum atomic E-state index is 11.5. The molecule has 1 aliphatic carbocycles. The lowest BCUT2D eigenvalue weighted by Gasteiger charge is -2.34. The van der Waals surface area contributed by atoms with Gasteiger partial charge in [-0.3, -0.25) is 0 Å². The number of carbonyl (C=O) groups is 1. The van der Waals surface area contributed by atoms with E-state index in [-0.39, 0.29) is 0 Å². The second-order valence-corrected chi connectivity index (χ2v) is 6.87. The monoisotopic (exact) mass is 339 g/mol. The fourth-order valence-corrected chi connectivity index (χ4v) is 3.33. The molecule has 0 heterocycles. The predicted molar refractivity (Wildman–Crippen MR) is 85.5 cm³/mol. The van der Waals surface area contributed by atoms with Crippen LogP contribution in [0.4, 0.5) is 5.69 Å². The minimum atomic E-state index is -0.848. The Morgan fingerprint density at radius 2 is 2.05 bits per heavy atom. The number of hydrogen-bond donors (Lipinski definition) is 1. The molecule has 0 aliphatic heterocycles. The highest BCUT2D eigenvalue weighted by Crippen LogP contribution is 2.33. The lowest BCUT2D eigenvalue weighted by atomic mass is 10.1. The first kappa shape index (κ1) is 15.4. The number of benzene rings is 1. The molecule has 20 heavy (non-hydrogen) atoms. The number of rotatable bonds is 5. The molecule has 2 rings (SSSR count). The van der Waals surface area contributed by atoms with Crippen molar-refractivity contribution in [2.45, 2.75) is 45.6 Å². The summed E-state index contributed by atoms with van der Waals surface area (Å²) in [6.45, 7) is 5.27. The van der Waals surface area contributed by atoms with Crippen LogP contribution in [0.2, 0.25) is 0 Å². The highest BCUT2D eigenvalue weighted by atomic mass is 79.9. The number of carboxylic acid groups (broad SMARTS) is 1. The summed E-state index contributed by atoms with van der Waals surface area (Å²) in [6.07, 6.45) is 4.82. The summed E-state index contributed by atoms with van der Waals surface area (Å²) in [7, 11) is 0. The Morgan fingerprint density at radius 1 is 1.40 bits per heavy atom. The highest BCUT2D eigenvalue weighted by Gasteiger charge is 2.26. The zero-order valence-electron chi connectivity index (χ0n) is 12.1. The van der Waals surface area contributed by atoms with E-state index >= 15 is 0 Å². The fourth-order valence-electron chi connectivity index (χ4n) is 2.98. The fraction of sp³-hybridized carbons (Fsp3) is 0.562. The van der Waals surface area contributed by atoms with Gasteiger partial charge >= 0.3 is 5.97 Å². The van der Waals surface area contributed by atoms with Crippen LogP contribution in [0.3, 0.4) is 0 Å². The topological polar surface area (TPSA) is 40.5 Å². The van der Waals surface area contributed by atoms with Gasteiger partial charge in [0.1, 0.15) is 0 Å². The Morgan fingerprint density at radius 3 is 2.60 bits per heavy atom. The molecule has 0 spiro atoms. The minimum absolute atomic E-state index is 0.403. The Hall–Kier alpha value is -1.03. The second-order valence-electron chi connectivity index (χ2n) is 5.95. The predicted octanol–water partition coefficient (Wildman–Crippen LogP) is 4.55. The number of halogens is 1. The van der Waals surface area contributed by atoms with Gasteiger partial charge in [0.25, 0.3) is 0 Å². The van der Waals surface area contributed by atoms with Crippen molar-refractivity contribution in [3.63, 3.8) is 0 Å². The summed E-state index contributed by atoms with van der Waals surface area (Å²) in [6, 6.07) is 5.92. The average molecular weight is 340 g/mol. The molecular weight excluding hydrogens is 318 g/mol. The number of anilines is 1. The van der Waals surface area contributed by atoms with Crippen LogP contribution in [0.5, 0.6) is 0 Å². The maximum absolute atomic E-state index is 11.5. The Labute approximate surface area is 129 Å². The summed E-state index contributed by atoms with van der Waals surface area (Å²) in [4.78, 5) is 13.8. The number of carboxylic acids is 1. The van der Waals surface area contributed by atoms with Crippen LogP contribution in [0.15, 0.2) is 22.7 Å². The Bertz CT molecular complexity index is 481. The van der Waals surface area contributed by atoms with Gasteiger partial charge in [-0.2, -0.15) is 0 Å². The van der Waals surface area contributed by atoms with E-state index in [2.05, 4.69) is 34.7 Å². The molecule has 1 saturated carbocycles. The van der Waals surface area contributed by atoms with Crippen molar-refractivity contribution in [3.05, 3.63) is 28.2 Å². The lowest BCUT2D eigenvalue weighted by molar-refractivity contribution is 0.0697. The second kappa shape index (κ2) is 6.61. The first-order valence-electron chi connectivity index (χ1n) is 7.28. The number of nitrogens with zero attached hydrogens (tertiary/aromatic N) is 1. The van der Waals surface area contributed by atoms with Crippen LogP contribution in [-0.4, -0.2) is 23.7 Å². The van der Waals surface area contributed by atoms with E-state index in [9.17, 15) is 9.90 Å². The summed E-state index contributed by atoms with van der Waals surface area (Å²) >= 11 is 3.47. The molecule has 0 bridgehead atoms. The number of hydrogen-bond acceptors (Lipinski definition) is 2. The van der Waals surface area contributed by atoms with E-state index in [1.54, 1.807) is 12.1 Å². The largest absolute Gasteiger partial charge is 0.478 e. The van der Waals surface area contributed by atoms with Gasteiger partial charge in [0.15, 0.2) is 0 Å². The molecule has 0 radical (unpaired) electrons. The maximum Gasteiger partial charge on any atom is 0.337 e. The van der Waals surface area contributed by atoms with E-state index in [0.717, 1.165) is 29.5 Å². The molecular formula is C16H22BrNO2. The van der Waals surface area contributed by atoms with Gasteiger partial charge in [-0.15, -0.1) is 0 Å². The van der Waals surface area contributed by atoms with Crippen molar-refractivity contribution < 1.29 is 9.90 Å². The van der Waals surface area contributed by atoms with E-state index in [0.29, 0.717) is 17.5 Å². The van der Waals surface area contributed by atoms with Crippen molar-refractivity contribution in [3.8, 4) is 0 Å². The summed E-state index contributed by atoms with van der Waals surface area (Å²) in [5.74, 6) is -0.338. The van der Waals surface area contributed by atoms with Crippen molar-refractivity contribution in [2.75, 3.05) is 11.4 Å². The smallest absolute Gasteiger partial charge is 0.337 e. The molecule has 1 aromatic rings. The average Bonchev–Trinajstić information content (AvgIpc) is 2.88. The van der Waals surface area contributed by atoms with Crippen molar-refractivity contribution in [1.82, 2.24) is 0 Å².